The monoisotopic (exact) mass is 201 g/mol. The van der Waals surface area contributed by atoms with Crippen LogP contribution in [0.2, 0.25) is 0 Å². The van der Waals surface area contributed by atoms with Crippen molar-refractivity contribution in [1.29, 1.82) is 0 Å². The molecule has 1 unspecified atom stereocenters. The van der Waals surface area contributed by atoms with Gasteiger partial charge in [-0.25, -0.2) is 13.8 Å². The summed E-state index contributed by atoms with van der Waals surface area (Å²) >= 11 is 0. The molecule has 68 valence electrons. The Morgan fingerprint density at radius 3 is 2.64 bits per heavy atom. The Morgan fingerprint density at radius 1 is 1.45 bits per heavy atom. The summed E-state index contributed by atoms with van der Waals surface area (Å²) in [4.78, 5) is 2.15. The van der Waals surface area contributed by atoms with Gasteiger partial charge in [-0.3, -0.25) is 0 Å². The topological polar surface area (TPSA) is 70.2 Å². The molecule has 1 saturated heterocycles. The van der Waals surface area contributed by atoms with Gasteiger partial charge in [0.15, 0.2) is 0 Å². The van der Waals surface area contributed by atoms with Crippen LogP contribution in [-0.2, 0) is 10.9 Å². The molecule has 1 heterocycles. The minimum atomic E-state index is -2.51. The largest absolute Gasteiger partial charge is 0.315 e. The van der Waals surface area contributed by atoms with Crippen LogP contribution in [0.25, 0.3) is 0 Å². The van der Waals surface area contributed by atoms with E-state index in [0.717, 1.165) is 19.5 Å². The predicted octanol–water partition coefficient (Wildman–Crippen LogP) is -1.61. The Balaban J connectivity index is 0.000001000. The van der Waals surface area contributed by atoms with Gasteiger partial charge in [0.25, 0.3) is 0 Å². The lowest BCUT2D eigenvalue weighted by Gasteiger charge is -2.06. The van der Waals surface area contributed by atoms with Gasteiger partial charge < -0.3 is 5.32 Å². The third-order valence-electron chi connectivity index (χ3n) is 1.42. The van der Waals surface area contributed by atoms with Gasteiger partial charge in [0.1, 0.15) is 0 Å². The number of thiol groups is 1. The standard InChI is InChI=1S/C4H11N3O2S.ClH/c8-10(9)7-6-4-1-2-5-3-4;/h4-6,10H,1-3H2,(H,7,8,9);1H. The van der Waals surface area contributed by atoms with Gasteiger partial charge in [-0.1, -0.05) is 0 Å². The van der Waals surface area contributed by atoms with Crippen molar-refractivity contribution in [2.45, 2.75) is 12.5 Å². The van der Waals surface area contributed by atoms with Crippen LogP contribution < -0.4 is 15.6 Å². The van der Waals surface area contributed by atoms with Crippen LogP contribution in [0.1, 0.15) is 6.42 Å². The summed E-state index contributed by atoms with van der Waals surface area (Å²) in [6, 6.07) is 0.243. The molecule has 0 amide bonds. The van der Waals surface area contributed by atoms with E-state index in [0.29, 0.717) is 0 Å². The summed E-state index contributed by atoms with van der Waals surface area (Å²) in [6.07, 6.45) is 0.968. The summed E-state index contributed by atoms with van der Waals surface area (Å²) < 4.78 is 20.0. The van der Waals surface area contributed by atoms with Gasteiger partial charge in [0, 0.05) is 12.6 Å². The first kappa shape index (κ1) is 11.1. The second-order valence-corrected chi connectivity index (χ2v) is 2.94. The highest BCUT2D eigenvalue weighted by Gasteiger charge is 2.12. The SMILES string of the molecule is Cl.O=[SH](=O)NNC1CCNC1. The maximum absolute atomic E-state index is 10.00. The van der Waals surface area contributed by atoms with E-state index in [1.165, 1.54) is 0 Å². The number of hydrazine groups is 1. The third-order valence-corrected chi connectivity index (χ3v) is 1.73. The van der Waals surface area contributed by atoms with Crippen LogP contribution in [0.3, 0.4) is 0 Å². The predicted molar refractivity (Wildman–Crippen MR) is 45.1 cm³/mol. The van der Waals surface area contributed by atoms with Crippen molar-refractivity contribution in [3.63, 3.8) is 0 Å². The Morgan fingerprint density at radius 2 is 2.18 bits per heavy atom. The highest BCUT2D eigenvalue weighted by molar-refractivity contribution is 7.70. The minimum Gasteiger partial charge on any atom is -0.315 e. The zero-order valence-corrected chi connectivity index (χ0v) is 7.58. The van der Waals surface area contributed by atoms with E-state index in [1.54, 1.807) is 0 Å². The average Bonchev–Trinajstić information content (AvgIpc) is 2.34. The number of halogens is 1. The minimum absolute atomic E-state index is 0. The quantitative estimate of drug-likeness (QED) is 0.328. The number of rotatable bonds is 3. The van der Waals surface area contributed by atoms with Crippen molar-refractivity contribution in [3.8, 4) is 0 Å². The first-order valence-electron chi connectivity index (χ1n) is 3.15. The van der Waals surface area contributed by atoms with Gasteiger partial charge in [0.05, 0.1) is 0 Å². The van der Waals surface area contributed by atoms with Crippen molar-refractivity contribution in [2.24, 2.45) is 0 Å². The van der Waals surface area contributed by atoms with Crippen LogP contribution >= 0.6 is 12.4 Å². The molecule has 0 bridgehead atoms. The van der Waals surface area contributed by atoms with E-state index in [-0.39, 0.29) is 18.4 Å². The van der Waals surface area contributed by atoms with E-state index in [4.69, 9.17) is 0 Å². The van der Waals surface area contributed by atoms with Crippen molar-refractivity contribution < 1.29 is 8.42 Å². The van der Waals surface area contributed by atoms with Crippen LogP contribution in [0.5, 0.6) is 0 Å². The molecule has 3 N–H and O–H groups in total. The van der Waals surface area contributed by atoms with Crippen molar-refractivity contribution in [1.82, 2.24) is 15.6 Å². The summed E-state index contributed by atoms with van der Waals surface area (Å²) in [5, 5.41) is 3.10. The first-order valence-corrected chi connectivity index (χ1v) is 4.33. The fourth-order valence-corrected chi connectivity index (χ4v) is 1.21. The lowest BCUT2D eigenvalue weighted by atomic mass is 10.3. The van der Waals surface area contributed by atoms with Gasteiger partial charge in [-0.15, -0.1) is 12.4 Å². The molecule has 1 fully saturated rings. The highest BCUT2D eigenvalue weighted by atomic mass is 35.5. The maximum atomic E-state index is 10.00. The lowest BCUT2D eigenvalue weighted by molar-refractivity contribution is 0.511. The molecule has 0 aromatic rings. The number of hydrogen-bond acceptors (Lipinski definition) is 4. The Kier molecular flexibility index (Phi) is 5.79. The zero-order chi connectivity index (χ0) is 7.40. The van der Waals surface area contributed by atoms with Crippen LogP contribution in [-0.4, -0.2) is 27.5 Å². The van der Waals surface area contributed by atoms with E-state index in [1.807, 2.05) is 0 Å². The average molecular weight is 202 g/mol. The van der Waals surface area contributed by atoms with E-state index in [9.17, 15) is 8.42 Å². The molecule has 5 nitrogen and oxygen atoms in total. The fraction of sp³-hybridized carbons (Fsp3) is 1.00. The van der Waals surface area contributed by atoms with Crippen molar-refractivity contribution in [3.05, 3.63) is 0 Å². The first-order chi connectivity index (χ1) is 4.79. The van der Waals surface area contributed by atoms with Gasteiger partial charge in [-0.2, -0.15) is 4.83 Å². The van der Waals surface area contributed by atoms with E-state index < -0.39 is 10.9 Å². The second kappa shape index (κ2) is 5.73. The maximum Gasteiger partial charge on any atom is 0.214 e. The van der Waals surface area contributed by atoms with Gasteiger partial charge in [-0.05, 0) is 13.0 Å². The molecule has 0 aliphatic carbocycles. The van der Waals surface area contributed by atoms with Crippen molar-refractivity contribution in [2.75, 3.05) is 13.1 Å². The summed E-state index contributed by atoms with van der Waals surface area (Å²) in [5.74, 6) is 0. The van der Waals surface area contributed by atoms with Crippen molar-refractivity contribution >= 4 is 23.3 Å². The molecule has 0 spiro atoms. The van der Waals surface area contributed by atoms with Crippen LogP contribution in [0.15, 0.2) is 0 Å². The summed E-state index contributed by atoms with van der Waals surface area (Å²) in [6.45, 7) is 1.78. The van der Waals surface area contributed by atoms with Crippen LogP contribution in [0.4, 0.5) is 0 Å². The lowest BCUT2D eigenvalue weighted by Crippen LogP contribution is -2.40. The molecular weight excluding hydrogens is 190 g/mol. The molecule has 11 heavy (non-hydrogen) atoms. The molecule has 0 saturated carbocycles. The molecule has 1 rings (SSSR count). The fourth-order valence-electron chi connectivity index (χ4n) is 0.922. The smallest absolute Gasteiger partial charge is 0.214 e. The van der Waals surface area contributed by atoms with Gasteiger partial charge >= 0.3 is 0 Å². The van der Waals surface area contributed by atoms with E-state index >= 15 is 0 Å². The van der Waals surface area contributed by atoms with Gasteiger partial charge in [0.2, 0.25) is 10.9 Å². The number of nitrogens with one attached hydrogen (secondary N) is 3. The van der Waals surface area contributed by atoms with Crippen LogP contribution in [0, 0.1) is 0 Å². The molecule has 7 heteroatoms. The molecular formula is C4H12ClN3O2S. The molecule has 1 aliphatic heterocycles. The number of hydrogen-bond donors (Lipinski definition) is 4. The molecule has 0 radical (unpaired) electrons. The Bertz CT molecular complexity index is 161. The second-order valence-electron chi connectivity index (χ2n) is 2.20. The summed E-state index contributed by atoms with van der Waals surface area (Å²) in [5.41, 5.74) is 2.67. The normalized spacial score (nSPS) is 23.5. The summed E-state index contributed by atoms with van der Waals surface area (Å²) in [7, 11) is -2.51. The molecule has 1 aliphatic rings. The molecule has 0 aromatic carbocycles. The third kappa shape index (κ3) is 4.54. The molecule has 0 aromatic heterocycles. The highest BCUT2D eigenvalue weighted by Crippen LogP contribution is 1.94. The zero-order valence-electron chi connectivity index (χ0n) is 5.87. The molecule has 1 atom stereocenters. The Hall–Kier alpha value is 0.120. The Labute approximate surface area is 73.4 Å². The van der Waals surface area contributed by atoms with E-state index in [2.05, 4.69) is 15.6 Å².